The smallest absolute Gasteiger partial charge is 0.387 e. The zero-order valence-corrected chi connectivity index (χ0v) is 15.5. The first-order valence-corrected chi connectivity index (χ1v) is 8.62. The molecule has 0 bridgehead atoms. The number of carbonyl (C=O) groups excluding carboxylic acids is 1. The fraction of sp³-hybridized carbons (Fsp3) is 0.389. The molecule has 2 N–H and O–H groups in total. The summed E-state index contributed by atoms with van der Waals surface area (Å²) in [5.74, 6) is -4.44. The van der Waals surface area contributed by atoms with E-state index in [1.807, 2.05) is 13.8 Å². The van der Waals surface area contributed by atoms with Gasteiger partial charge in [-0.25, -0.2) is 9.49 Å². The summed E-state index contributed by atoms with van der Waals surface area (Å²) in [5.41, 5.74) is -1.00. The number of benzene rings is 1. The maximum absolute atomic E-state index is 14.2. The molecule has 1 fully saturated rings. The van der Waals surface area contributed by atoms with E-state index in [0.717, 1.165) is 18.2 Å². The van der Waals surface area contributed by atoms with Crippen molar-refractivity contribution in [3.63, 3.8) is 0 Å². The van der Waals surface area contributed by atoms with Gasteiger partial charge in [0.1, 0.15) is 6.04 Å². The molecule has 1 aliphatic heterocycles. The van der Waals surface area contributed by atoms with Crippen molar-refractivity contribution in [1.29, 1.82) is 0 Å². The molecule has 2 heterocycles. The minimum absolute atomic E-state index is 0.137. The Bertz CT molecular complexity index is 980. The van der Waals surface area contributed by atoms with Crippen molar-refractivity contribution < 1.29 is 27.1 Å². The Morgan fingerprint density at radius 2 is 2.10 bits per heavy atom. The highest BCUT2D eigenvalue weighted by Gasteiger charge is 2.43. The second kappa shape index (κ2) is 7.72. The zero-order valence-electron chi connectivity index (χ0n) is 15.5. The summed E-state index contributed by atoms with van der Waals surface area (Å²) >= 11 is 0. The number of halogens is 4. The van der Waals surface area contributed by atoms with Crippen LogP contribution in [0.5, 0.6) is 5.75 Å². The Morgan fingerprint density at radius 1 is 1.38 bits per heavy atom. The van der Waals surface area contributed by atoms with E-state index in [4.69, 9.17) is 0 Å². The number of ether oxygens (including phenoxy) is 1. The highest BCUT2D eigenvalue weighted by atomic mass is 19.3. The molecule has 11 heteroatoms. The topological polar surface area (TPSA) is 87.3 Å². The van der Waals surface area contributed by atoms with Crippen LogP contribution in [-0.2, 0) is 4.79 Å². The molecule has 3 rings (SSSR count). The highest BCUT2D eigenvalue weighted by Crippen LogP contribution is 2.43. The van der Waals surface area contributed by atoms with Gasteiger partial charge in [0, 0.05) is 12.6 Å². The van der Waals surface area contributed by atoms with Gasteiger partial charge in [0.05, 0.1) is 17.6 Å². The molecule has 0 spiro atoms. The van der Waals surface area contributed by atoms with Crippen LogP contribution in [-0.4, -0.2) is 35.3 Å². The van der Waals surface area contributed by atoms with E-state index >= 15 is 0 Å². The van der Waals surface area contributed by atoms with Crippen LogP contribution in [0.1, 0.15) is 20.3 Å². The lowest BCUT2D eigenvalue weighted by atomic mass is 9.90. The highest BCUT2D eigenvalue weighted by molar-refractivity contribution is 5.97. The van der Waals surface area contributed by atoms with Crippen molar-refractivity contribution in [3.8, 4) is 5.75 Å². The van der Waals surface area contributed by atoms with Crippen LogP contribution in [0.2, 0.25) is 0 Å². The maximum atomic E-state index is 14.2. The normalized spacial score (nSPS) is 18.2. The molecular weight excluding hydrogens is 396 g/mol. The molecule has 1 aromatic heterocycles. The van der Waals surface area contributed by atoms with Crippen LogP contribution in [0.4, 0.5) is 28.9 Å². The summed E-state index contributed by atoms with van der Waals surface area (Å²) < 4.78 is 57.6. The van der Waals surface area contributed by atoms with Gasteiger partial charge in [-0.15, -0.1) is 0 Å². The molecule has 1 saturated heterocycles. The number of aromatic nitrogens is 2. The van der Waals surface area contributed by atoms with Gasteiger partial charge in [-0.2, -0.15) is 18.3 Å². The van der Waals surface area contributed by atoms with Crippen LogP contribution in [0.3, 0.4) is 0 Å². The molecule has 1 atom stereocenters. The number of H-pyrrole nitrogens is 1. The van der Waals surface area contributed by atoms with Gasteiger partial charge in [0.2, 0.25) is 11.7 Å². The van der Waals surface area contributed by atoms with E-state index in [2.05, 4.69) is 20.3 Å². The van der Waals surface area contributed by atoms with Gasteiger partial charge in [0.25, 0.3) is 5.56 Å². The Labute approximate surface area is 162 Å². The second-order valence-electron chi connectivity index (χ2n) is 7.42. The quantitative estimate of drug-likeness (QED) is 0.735. The lowest BCUT2D eigenvalue weighted by molar-refractivity contribution is -0.117. The molecule has 1 aliphatic rings. The number of rotatable bonds is 5. The minimum atomic E-state index is -3.38. The van der Waals surface area contributed by atoms with Gasteiger partial charge in [-0.1, -0.05) is 13.8 Å². The SMILES string of the molecule is CC1(C)C[C@@H](C(=O)Nc2cn[nH]c(=O)c2)N(c2ccc(F)c(F)c2OC(F)F)C1. The number of aromatic amines is 1. The Balaban J connectivity index is 1.97. The molecule has 0 saturated carbocycles. The molecule has 1 amide bonds. The average molecular weight is 414 g/mol. The van der Waals surface area contributed by atoms with E-state index in [1.165, 1.54) is 11.1 Å². The van der Waals surface area contributed by atoms with Crippen molar-refractivity contribution in [2.45, 2.75) is 32.9 Å². The number of hydrogen-bond acceptors (Lipinski definition) is 5. The summed E-state index contributed by atoms with van der Waals surface area (Å²) in [6.45, 7) is 0.504. The van der Waals surface area contributed by atoms with E-state index in [1.54, 1.807) is 0 Å². The number of alkyl halides is 2. The fourth-order valence-electron chi connectivity index (χ4n) is 3.38. The minimum Gasteiger partial charge on any atom is -0.429 e. The molecule has 1 aromatic carbocycles. The number of nitrogens with zero attached hydrogens (tertiary/aromatic N) is 2. The van der Waals surface area contributed by atoms with Crippen LogP contribution >= 0.6 is 0 Å². The van der Waals surface area contributed by atoms with Gasteiger partial charge in [0.15, 0.2) is 11.6 Å². The number of amides is 1. The van der Waals surface area contributed by atoms with Gasteiger partial charge >= 0.3 is 6.61 Å². The Hall–Kier alpha value is -3.11. The first kappa shape index (κ1) is 20.6. The summed E-state index contributed by atoms with van der Waals surface area (Å²) in [4.78, 5) is 25.6. The van der Waals surface area contributed by atoms with Crippen LogP contribution in [0.15, 0.2) is 29.2 Å². The third kappa shape index (κ3) is 4.49. The monoisotopic (exact) mass is 414 g/mol. The van der Waals surface area contributed by atoms with Crippen molar-refractivity contribution in [2.75, 3.05) is 16.8 Å². The van der Waals surface area contributed by atoms with Crippen LogP contribution in [0.25, 0.3) is 0 Å². The third-order valence-electron chi connectivity index (χ3n) is 4.50. The molecule has 0 aliphatic carbocycles. The maximum Gasteiger partial charge on any atom is 0.387 e. The second-order valence-corrected chi connectivity index (χ2v) is 7.42. The van der Waals surface area contributed by atoms with Crippen LogP contribution in [0, 0.1) is 17.0 Å². The van der Waals surface area contributed by atoms with Crippen molar-refractivity contribution in [3.05, 3.63) is 46.4 Å². The lowest BCUT2D eigenvalue weighted by Gasteiger charge is -2.28. The number of nitrogens with one attached hydrogen (secondary N) is 2. The van der Waals surface area contributed by atoms with E-state index < -0.39 is 46.9 Å². The summed E-state index contributed by atoms with van der Waals surface area (Å²) in [7, 11) is 0. The molecule has 0 radical (unpaired) electrons. The van der Waals surface area contributed by atoms with Crippen molar-refractivity contribution >= 4 is 17.3 Å². The number of anilines is 2. The average Bonchev–Trinajstić information content (AvgIpc) is 2.94. The molecular formula is C18H18F4N4O3. The largest absolute Gasteiger partial charge is 0.429 e. The van der Waals surface area contributed by atoms with Crippen LogP contribution < -0.4 is 20.5 Å². The molecule has 0 unspecified atom stereocenters. The first-order valence-electron chi connectivity index (χ1n) is 8.62. The van der Waals surface area contributed by atoms with Gasteiger partial charge in [-0.05, 0) is 24.0 Å². The van der Waals surface area contributed by atoms with E-state index in [-0.39, 0.29) is 17.9 Å². The summed E-state index contributed by atoms with van der Waals surface area (Å²) in [6.07, 6.45) is 1.52. The van der Waals surface area contributed by atoms with Crippen molar-refractivity contribution in [2.24, 2.45) is 5.41 Å². The van der Waals surface area contributed by atoms with E-state index in [9.17, 15) is 27.2 Å². The number of hydrogen-bond donors (Lipinski definition) is 2. The lowest BCUT2D eigenvalue weighted by Crippen LogP contribution is -2.40. The Morgan fingerprint density at radius 3 is 2.76 bits per heavy atom. The van der Waals surface area contributed by atoms with Gasteiger partial charge in [-0.3, -0.25) is 9.59 Å². The van der Waals surface area contributed by atoms with Gasteiger partial charge < -0.3 is 15.0 Å². The third-order valence-corrected chi connectivity index (χ3v) is 4.50. The van der Waals surface area contributed by atoms with Crippen molar-refractivity contribution in [1.82, 2.24) is 10.2 Å². The fourth-order valence-corrected chi connectivity index (χ4v) is 3.38. The number of carbonyl (C=O) groups is 1. The van der Waals surface area contributed by atoms with E-state index in [0.29, 0.717) is 6.42 Å². The zero-order chi connectivity index (χ0) is 21.3. The predicted octanol–water partition coefficient (Wildman–Crippen LogP) is 2.89. The predicted molar refractivity (Wildman–Crippen MR) is 96.0 cm³/mol. The standard InChI is InChI=1S/C18H18F4N4O3/c1-18(2)6-12(16(28)24-9-5-13(27)25-23-7-9)26(8-18)11-4-3-10(19)14(20)15(11)29-17(21)22/h3-5,7,12,17H,6,8H2,1-2H3,(H2,24,25,27,28)/t12-/m0/s1. The molecule has 7 nitrogen and oxygen atoms in total. The molecule has 29 heavy (non-hydrogen) atoms. The summed E-state index contributed by atoms with van der Waals surface area (Å²) in [6, 6.07) is 2.09. The first-order chi connectivity index (χ1) is 13.6. The molecule has 156 valence electrons. The Kier molecular flexibility index (Phi) is 5.49. The summed E-state index contributed by atoms with van der Waals surface area (Å²) in [5, 5.41) is 8.27. The molecule has 2 aromatic rings.